The van der Waals surface area contributed by atoms with E-state index in [1.807, 2.05) is 24.3 Å². The molecule has 1 heterocycles. The van der Waals surface area contributed by atoms with Crippen LogP contribution in [0.25, 0.3) is 10.9 Å². The summed E-state index contributed by atoms with van der Waals surface area (Å²) >= 11 is 0. The molecule has 0 saturated carbocycles. The molecule has 78 valence electrons. The Morgan fingerprint density at radius 2 is 2.07 bits per heavy atom. The van der Waals surface area contributed by atoms with E-state index in [0.29, 0.717) is 5.88 Å². The standard InChI is InChI=1S/C11H11NO3/c1-8(13)15-11-7-9-5-3-4-6-10(9)12(11)14-2/h3-7H,1-2H3. The fourth-order valence-corrected chi connectivity index (χ4v) is 1.51. The Morgan fingerprint density at radius 1 is 1.33 bits per heavy atom. The number of para-hydroxylation sites is 1. The first-order valence-electron chi connectivity index (χ1n) is 4.56. The minimum Gasteiger partial charge on any atom is -0.414 e. The van der Waals surface area contributed by atoms with E-state index in [1.165, 1.54) is 18.8 Å². The molecule has 0 N–H and O–H groups in total. The summed E-state index contributed by atoms with van der Waals surface area (Å²) in [6.45, 7) is 1.36. The van der Waals surface area contributed by atoms with Gasteiger partial charge in [-0.05, 0) is 6.07 Å². The van der Waals surface area contributed by atoms with Crippen molar-refractivity contribution in [1.29, 1.82) is 0 Å². The summed E-state index contributed by atoms with van der Waals surface area (Å²) in [6, 6.07) is 9.40. The first kappa shape index (κ1) is 9.58. The van der Waals surface area contributed by atoms with Crippen molar-refractivity contribution in [3.05, 3.63) is 30.3 Å². The second-order valence-electron chi connectivity index (χ2n) is 3.11. The minimum absolute atomic E-state index is 0.365. The van der Waals surface area contributed by atoms with Crippen LogP contribution in [0.4, 0.5) is 0 Å². The summed E-state index contributed by atoms with van der Waals surface area (Å²) in [6.07, 6.45) is 0. The van der Waals surface area contributed by atoms with Crippen molar-refractivity contribution in [3.8, 4) is 5.88 Å². The molecule has 15 heavy (non-hydrogen) atoms. The van der Waals surface area contributed by atoms with Gasteiger partial charge in [-0.25, -0.2) is 0 Å². The smallest absolute Gasteiger partial charge is 0.309 e. The molecule has 2 rings (SSSR count). The summed E-state index contributed by atoms with van der Waals surface area (Å²) in [5.41, 5.74) is 0.872. The Morgan fingerprint density at radius 3 is 2.73 bits per heavy atom. The Bertz CT molecular complexity index is 502. The fourth-order valence-electron chi connectivity index (χ4n) is 1.51. The number of nitrogens with zero attached hydrogens (tertiary/aromatic N) is 1. The second-order valence-corrected chi connectivity index (χ2v) is 3.11. The van der Waals surface area contributed by atoms with Gasteiger partial charge >= 0.3 is 5.97 Å². The van der Waals surface area contributed by atoms with Crippen LogP contribution in [0, 0.1) is 0 Å². The number of benzene rings is 1. The predicted molar refractivity (Wildman–Crippen MR) is 55.8 cm³/mol. The molecule has 0 aliphatic heterocycles. The highest BCUT2D eigenvalue weighted by Gasteiger charge is 2.10. The van der Waals surface area contributed by atoms with Gasteiger partial charge in [0.25, 0.3) is 0 Å². The van der Waals surface area contributed by atoms with Crippen molar-refractivity contribution in [2.45, 2.75) is 6.92 Å². The van der Waals surface area contributed by atoms with Gasteiger partial charge in [0.1, 0.15) is 7.11 Å². The van der Waals surface area contributed by atoms with E-state index in [1.54, 1.807) is 6.07 Å². The molecule has 1 aromatic carbocycles. The monoisotopic (exact) mass is 205 g/mol. The van der Waals surface area contributed by atoms with Gasteiger partial charge in [0, 0.05) is 18.4 Å². The van der Waals surface area contributed by atoms with Crippen LogP contribution < -0.4 is 9.57 Å². The third-order valence-electron chi connectivity index (χ3n) is 2.07. The van der Waals surface area contributed by atoms with Crippen LogP contribution in [0.5, 0.6) is 5.88 Å². The van der Waals surface area contributed by atoms with Gasteiger partial charge in [0.15, 0.2) is 0 Å². The van der Waals surface area contributed by atoms with Crippen LogP contribution in [0.1, 0.15) is 6.92 Å². The first-order chi connectivity index (χ1) is 7.22. The zero-order valence-corrected chi connectivity index (χ0v) is 8.56. The quantitative estimate of drug-likeness (QED) is 0.699. The van der Waals surface area contributed by atoms with Gasteiger partial charge in [-0.15, -0.1) is 4.73 Å². The van der Waals surface area contributed by atoms with Crippen LogP contribution in [0.3, 0.4) is 0 Å². The molecule has 0 fully saturated rings. The number of carbonyl (C=O) groups is 1. The zero-order valence-electron chi connectivity index (χ0n) is 8.56. The number of hydrogen-bond acceptors (Lipinski definition) is 3. The molecular formula is C11H11NO3. The third kappa shape index (κ3) is 1.66. The molecule has 2 aromatic rings. The summed E-state index contributed by atoms with van der Waals surface area (Å²) in [7, 11) is 1.53. The molecule has 0 unspecified atom stereocenters. The average molecular weight is 205 g/mol. The van der Waals surface area contributed by atoms with Crippen molar-refractivity contribution < 1.29 is 14.4 Å². The third-order valence-corrected chi connectivity index (χ3v) is 2.07. The maximum atomic E-state index is 10.9. The number of hydrogen-bond donors (Lipinski definition) is 0. The maximum absolute atomic E-state index is 10.9. The van der Waals surface area contributed by atoms with Crippen molar-refractivity contribution in [2.75, 3.05) is 7.11 Å². The highest BCUT2D eigenvalue weighted by Crippen LogP contribution is 2.23. The molecule has 0 spiro atoms. The topological polar surface area (TPSA) is 40.5 Å². The number of fused-ring (bicyclic) bond motifs is 1. The summed E-state index contributed by atoms with van der Waals surface area (Å²) in [5.74, 6) is 0.0299. The predicted octanol–water partition coefficient (Wildman–Crippen LogP) is 1.62. The SMILES string of the molecule is COn1c(OC(C)=O)cc2ccccc21. The summed E-state index contributed by atoms with van der Waals surface area (Å²) in [4.78, 5) is 16.0. The second kappa shape index (κ2) is 3.65. The molecule has 0 amide bonds. The van der Waals surface area contributed by atoms with E-state index in [4.69, 9.17) is 9.57 Å². The molecule has 0 radical (unpaired) electrons. The van der Waals surface area contributed by atoms with E-state index < -0.39 is 0 Å². The molecule has 4 heteroatoms. The Kier molecular flexibility index (Phi) is 2.33. The van der Waals surface area contributed by atoms with E-state index in [9.17, 15) is 4.79 Å². The number of rotatable bonds is 2. The zero-order chi connectivity index (χ0) is 10.8. The Labute approximate surface area is 87.0 Å². The van der Waals surface area contributed by atoms with Crippen LogP contribution in [0.15, 0.2) is 30.3 Å². The van der Waals surface area contributed by atoms with E-state index in [0.717, 1.165) is 10.9 Å². The van der Waals surface area contributed by atoms with Gasteiger partial charge in [-0.1, -0.05) is 18.2 Å². The van der Waals surface area contributed by atoms with Crippen LogP contribution in [-0.4, -0.2) is 17.8 Å². The normalized spacial score (nSPS) is 10.3. The molecule has 0 aliphatic rings. The number of esters is 1. The van der Waals surface area contributed by atoms with Crippen LogP contribution in [-0.2, 0) is 4.79 Å². The van der Waals surface area contributed by atoms with Crippen LogP contribution >= 0.6 is 0 Å². The van der Waals surface area contributed by atoms with Gasteiger partial charge < -0.3 is 9.57 Å². The number of ether oxygens (including phenoxy) is 1. The van der Waals surface area contributed by atoms with Gasteiger partial charge in [0.2, 0.25) is 5.88 Å². The molecule has 0 saturated heterocycles. The molecular weight excluding hydrogens is 194 g/mol. The molecule has 0 aliphatic carbocycles. The average Bonchev–Trinajstić information content (AvgIpc) is 2.53. The molecule has 0 bridgehead atoms. The lowest BCUT2D eigenvalue weighted by Gasteiger charge is -2.06. The van der Waals surface area contributed by atoms with Gasteiger partial charge in [-0.3, -0.25) is 4.79 Å². The van der Waals surface area contributed by atoms with Crippen molar-refractivity contribution in [1.82, 2.24) is 4.73 Å². The van der Waals surface area contributed by atoms with Crippen LogP contribution in [0.2, 0.25) is 0 Å². The van der Waals surface area contributed by atoms with Gasteiger partial charge in [-0.2, -0.15) is 0 Å². The number of carbonyl (C=O) groups excluding carboxylic acids is 1. The minimum atomic E-state index is -0.365. The molecule has 0 atom stereocenters. The van der Waals surface area contributed by atoms with Crippen molar-refractivity contribution in [3.63, 3.8) is 0 Å². The Hall–Kier alpha value is -1.97. The van der Waals surface area contributed by atoms with Crippen molar-refractivity contribution in [2.24, 2.45) is 0 Å². The van der Waals surface area contributed by atoms with Crippen molar-refractivity contribution >= 4 is 16.9 Å². The fraction of sp³-hybridized carbons (Fsp3) is 0.182. The largest absolute Gasteiger partial charge is 0.414 e. The maximum Gasteiger partial charge on any atom is 0.309 e. The lowest BCUT2D eigenvalue weighted by molar-refractivity contribution is -0.132. The summed E-state index contributed by atoms with van der Waals surface area (Å²) < 4.78 is 6.50. The number of aromatic nitrogens is 1. The first-order valence-corrected chi connectivity index (χ1v) is 4.56. The highest BCUT2D eigenvalue weighted by molar-refractivity contribution is 5.83. The van der Waals surface area contributed by atoms with Gasteiger partial charge in [0.05, 0.1) is 5.52 Å². The lowest BCUT2D eigenvalue weighted by atomic mass is 10.3. The molecule has 4 nitrogen and oxygen atoms in total. The van der Waals surface area contributed by atoms with E-state index in [2.05, 4.69) is 0 Å². The van der Waals surface area contributed by atoms with E-state index in [-0.39, 0.29) is 5.97 Å². The summed E-state index contributed by atoms with van der Waals surface area (Å²) in [5, 5.41) is 0.968. The lowest BCUT2D eigenvalue weighted by Crippen LogP contribution is -2.11. The highest BCUT2D eigenvalue weighted by atomic mass is 16.7. The Balaban J connectivity index is 2.58. The molecule has 1 aromatic heterocycles. The van der Waals surface area contributed by atoms with E-state index >= 15 is 0 Å².